The lowest BCUT2D eigenvalue weighted by Crippen LogP contribution is -2.18. The first-order valence-corrected chi connectivity index (χ1v) is 7.78. The number of halogens is 1. The lowest BCUT2D eigenvalue weighted by Gasteiger charge is -2.25. The molecule has 0 amide bonds. The fraction of sp³-hybridized carbons (Fsp3) is 0.500. The summed E-state index contributed by atoms with van der Waals surface area (Å²) in [5.74, 6) is 0.586. The van der Waals surface area contributed by atoms with Gasteiger partial charge < -0.3 is 0 Å². The molecule has 0 aliphatic heterocycles. The van der Waals surface area contributed by atoms with Crippen molar-refractivity contribution in [2.24, 2.45) is 5.92 Å². The molecule has 3 heteroatoms. The van der Waals surface area contributed by atoms with Crippen LogP contribution < -0.4 is 0 Å². The molecule has 1 nitrogen and oxygen atoms in total. The van der Waals surface area contributed by atoms with Gasteiger partial charge in [-0.05, 0) is 43.0 Å². The van der Waals surface area contributed by atoms with Gasteiger partial charge in [-0.25, -0.2) is 0 Å². The normalized spacial score (nSPS) is 18.6. The van der Waals surface area contributed by atoms with Crippen molar-refractivity contribution in [3.05, 3.63) is 28.7 Å². The van der Waals surface area contributed by atoms with Crippen LogP contribution in [0.4, 0.5) is 0 Å². The molecule has 1 aliphatic rings. The van der Waals surface area contributed by atoms with Crippen molar-refractivity contribution in [1.82, 2.24) is 0 Å². The third-order valence-corrected chi connectivity index (χ3v) is 5.10. The molecule has 1 aliphatic carbocycles. The minimum absolute atomic E-state index is 0.122. The molecular formula is C14H16BrNS. The van der Waals surface area contributed by atoms with Crippen molar-refractivity contribution < 1.29 is 0 Å². The summed E-state index contributed by atoms with van der Waals surface area (Å²) in [6, 6.07) is 10.7. The standard InChI is InChI=1S/C14H16BrNS/c15-12-6-8-13(9-7-12)17-14(10-16)11-4-2-1-3-5-11/h6-9,11,14H,1-5H2. The van der Waals surface area contributed by atoms with E-state index in [1.807, 2.05) is 12.1 Å². The van der Waals surface area contributed by atoms with E-state index >= 15 is 0 Å². The molecule has 1 fully saturated rings. The van der Waals surface area contributed by atoms with Crippen molar-refractivity contribution in [1.29, 1.82) is 5.26 Å². The lowest BCUT2D eigenvalue weighted by molar-refractivity contribution is 0.370. The molecule has 0 saturated heterocycles. The number of benzene rings is 1. The van der Waals surface area contributed by atoms with Gasteiger partial charge in [0, 0.05) is 9.37 Å². The number of hydrogen-bond acceptors (Lipinski definition) is 2. The fourth-order valence-corrected chi connectivity index (χ4v) is 3.69. The molecule has 0 radical (unpaired) electrons. The van der Waals surface area contributed by atoms with Gasteiger partial charge in [-0.3, -0.25) is 0 Å². The molecule has 0 aromatic heterocycles. The van der Waals surface area contributed by atoms with E-state index in [0.717, 1.165) is 4.47 Å². The van der Waals surface area contributed by atoms with Crippen LogP contribution in [-0.2, 0) is 0 Å². The van der Waals surface area contributed by atoms with Gasteiger partial charge in [-0.15, -0.1) is 11.8 Å². The van der Waals surface area contributed by atoms with E-state index in [1.54, 1.807) is 11.8 Å². The van der Waals surface area contributed by atoms with Crippen LogP contribution in [0.2, 0.25) is 0 Å². The molecule has 0 heterocycles. The Morgan fingerprint density at radius 1 is 1.18 bits per heavy atom. The summed E-state index contributed by atoms with van der Waals surface area (Å²) in [7, 11) is 0. The van der Waals surface area contributed by atoms with E-state index < -0.39 is 0 Å². The Kier molecular flexibility index (Phi) is 4.94. The Labute approximate surface area is 116 Å². The number of rotatable bonds is 3. The van der Waals surface area contributed by atoms with E-state index in [9.17, 15) is 5.26 Å². The average Bonchev–Trinajstić information content (AvgIpc) is 2.39. The predicted molar refractivity (Wildman–Crippen MR) is 76.0 cm³/mol. The summed E-state index contributed by atoms with van der Waals surface area (Å²) >= 11 is 5.15. The van der Waals surface area contributed by atoms with Gasteiger partial charge in [0.15, 0.2) is 0 Å². The maximum atomic E-state index is 9.31. The van der Waals surface area contributed by atoms with Crippen LogP contribution in [-0.4, -0.2) is 5.25 Å². The SMILES string of the molecule is N#CC(Sc1ccc(Br)cc1)C1CCCCC1. The number of hydrogen-bond donors (Lipinski definition) is 0. The van der Waals surface area contributed by atoms with Crippen LogP contribution in [0.1, 0.15) is 32.1 Å². The van der Waals surface area contributed by atoms with E-state index in [0.29, 0.717) is 5.92 Å². The topological polar surface area (TPSA) is 23.8 Å². The third-order valence-electron chi connectivity index (χ3n) is 3.28. The summed E-state index contributed by atoms with van der Waals surface area (Å²) < 4.78 is 1.09. The maximum absolute atomic E-state index is 9.31. The highest BCUT2D eigenvalue weighted by Crippen LogP contribution is 2.36. The lowest BCUT2D eigenvalue weighted by atomic mass is 9.87. The minimum Gasteiger partial charge on any atom is -0.197 e. The molecule has 0 N–H and O–H groups in total. The van der Waals surface area contributed by atoms with Crippen LogP contribution in [0.5, 0.6) is 0 Å². The first kappa shape index (κ1) is 13.0. The molecule has 2 rings (SSSR count). The molecule has 1 saturated carbocycles. The van der Waals surface area contributed by atoms with Crippen molar-refractivity contribution in [3.63, 3.8) is 0 Å². The molecular weight excluding hydrogens is 294 g/mol. The maximum Gasteiger partial charge on any atom is 0.0991 e. The monoisotopic (exact) mass is 309 g/mol. The highest BCUT2D eigenvalue weighted by Gasteiger charge is 2.24. The van der Waals surface area contributed by atoms with Gasteiger partial charge in [0.1, 0.15) is 0 Å². The van der Waals surface area contributed by atoms with Crippen molar-refractivity contribution >= 4 is 27.7 Å². The van der Waals surface area contributed by atoms with Gasteiger partial charge in [0.25, 0.3) is 0 Å². The molecule has 1 aromatic rings. The number of thioether (sulfide) groups is 1. The Morgan fingerprint density at radius 2 is 1.82 bits per heavy atom. The number of nitriles is 1. The van der Waals surface area contributed by atoms with E-state index in [4.69, 9.17) is 0 Å². The molecule has 1 unspecified atom stereocenters. The van der Waals surface area contributed by atoms with Crippen LogP contribution in [0.25, 0.3) is 0 Å². The zero-order valence-electron chi connectivity index (χ0n) is 9.73. The summed E-state index contributed by atoms with van der Waals surface area (Å²) in [6.07, 6.45) is 6.38. The predicted octanol–water partition coefficient (Wildman–Crippen LogP) is 5.01. The van der Waals surface area contributed by atoms with Crippen LogP contribution in [0, 0.1) is 17.2 Å². The highest BCUT2D eigenvalue weighted by molar-refractivity contribution is 9.10. The second kappa shape index (κ2) is 6.47. The Morgan fingerprint density at radius 3 is 2.41 bits per heavy atom. The van der Waals surface area contributed by atoms with Crippen LogP contribution in [0.3, 0.4) is 0 Å². The van der Waals surface area contributed by atoms with Gasteiger partial charge in [0.2, 0.25) is 0 Å². The Hall–Kier alpha value is -0.460. The molecule has 1 atom stereocenters. The molecule has 17 heavy (non-hydrogen) atoms. The largest absolute Gasteiger partial charge is 0.197 e. The molecule has 0 spiro atoms. The smallest absolute Gasteiger partial charge is 0.0991 e. The first-order chi connectivity index (χ1) is 8.29. The molecule has 0 bridgehead atoms. The highest BCUT2D eigenvalue weighted by atomic mass is 79.9. The van der Waals surface area contributed by atoms with Crippen molar-refractivity contribution in [3.8, 4) is 6.07 Å². The fourth-order valence-electron chi connectivity index (χ4n) is 2.32. The summed E-state index contributed by atoms with van der Waals surface area (Å²) in [5.41, 5.74) is 0. The first-order valence-electron chi connectivity index (χ1n) is 6.11. The summed E-state index contributed by atoms with van der Waals surface area (Å²) in [4.78, 5) is 1.20. The molecule has 1 aromatic carbocycles. The van der Waals surface area contributed by atoms with Crippen molar-refractivity contribution in [2.75, 3.05) is 0 Å². The van der Waals surface area contributed by atoms with Gasteiger partial charge in [-0.1, -0.05) is 35.2 Å². The zero-order chi connectivity index (χ0) is 12.1. The van der Waals surface area contributed by atoms with E-state index in [2.05, 4.69) is 34.1 Å². The van der Waals surface area contributed by atoms with Crippen LogP contribution in [0.15, 0.2) is 33.6 Å². The average molecular weight is 310 g/mol. The van der Waals surface area contributed by atoms with Gasteiger partial charge in [-0.2, -0.15) is 5.26 Å². The third kappa shape index (κ3) is 3.76. The summed E-state index contributed by atoms with van der Waals surface area (Å²) in [6.45, 7) is 0. The second-order valence-electron chi connectivity index (χ2n) is 4.52. The molecule has 90 valence electrons. The Balaban J connectivity index is 1.99. The van der Waals surface area contributed by atoms with Crippen LogP contribution >= 0.6 is 27.7 Å². The quantitative estimate of drug-likeness (QED) is 0.732. The van der Waals surface area contributed by atoms with Gasteiger partial charge >= 0.3 is 0 Å². The van der Waals surface area contributed by atoms with Gasteiger partial charge in [0.05, 0.1) is 11.3 Å². The second-order valence-corrected chi connectivity index (χ2v) is 6.65. The summed E-state index contributed by atoms with van der Waals surface area (Å²) in [5, 5.41) is 9.44. The number of nitrogens with zero attached hydrogens (tertiary/aromatic N) is 1. The minimum atomic E-state index is 0.122. The van der Waals surface area contributed by atoms with Crippen molar-refractivity contribution in [2.45, 2.75) is 42.2 Å². The van der Waals surface area contributed by atoms with E-state index in [1.165, 1.54) is 37.0 Å². The zero-order valence-corrected chi connectivity index (χ0v) is 12.1. The Bertz CT molecular complexity index is 390. The van der Waals surface area contributed by atoms with E-state index in [-0.39, 0.29) is 5.25 Å².